The highest BCUT2D eigenvalue weighted by Crippen LogP contribution is 2.30. The Morgan fingerprint density at radius 2 is 1.60 bits per heavy atom. The number of aryl methyl sites for hydroxylation is 1. The number of halogens is 2. The van der Waals surface area contributed by atoms with Gasteiger partial charge in [0.15, 0.2) is 5.13 Å². The number of hydrogen-bond acceptors (Lipinski definition) is 5. The van der Waals surface area contributed by atoms with Crippen LogP contribution in [0.5, 0.6) is 0 Å². The highest BCUT2D eigenvalue weighted by atomic mass is 32.1. The van der Waals surface area contributed by atoms with Crippen molar-refractivity contribution in [3.8, 4) is 16.9 Å². The molecule has 2 aromatic carbocycles. The zero-order valence-electron chi connectivity index (χ0n) is 15.6. The maximum Gasteiger partial charge on any atom is 0.277 e. The third kappa shape index (κ3) is 4.01. The Bertz CT molecular complexity index is 1280. The fourth-order valence-electron chi connectivity index (χ4n) is 2.79. The first kappa shape index (κ1) is 19.6. The summed E-state index contributed by atoms with van der Waals surface area (Å²) in [7, 11) is 0. The van der Waals surface area contributed by atoms with Gasteiger partial charge in [0.05, 0.1) is 11.4 Å². The van der Waals surface area contributed by atoms with E-state index in [0.717, 1.165) is 15.1 Å². The number of carbonyl (C=O) groups excluding carboxylic acids is 1. The molecule has 0 spiro atoms. The van der Waals surface area contributed by atoms with Crippen LogP contribution in [0.25, 0.3) is 16.9 Å². The molecule has 0 fully saturated rings. The fraction of sp³-hybridized carbons (Fsp3) is 0.0476. The third-order valence-electron chi connectivity index (χ3n) is 4.24. The molecule has 0 aliphatic carbocycles. The summed E-state index contributed by atoms with van der Waals surface area (Å²) in [5.41, 5.74) is 1.24. The second kappa shape index (κ2) is 7.96. The van der Waals surface area contributed by atoms with Crippen molar-refractivity contribution >= 4 is 22.4 Å². The van der Waals surface area contributed by atoms with Gasteiger partial charge in [0.25, 0.3) is 11.5 Å². The van der Waals surface area contributed by atoms with Crippen molar-refractivity contribution in [2.45, 2.75) is 6.92 Å². The number of rotatable bonds is 4. The lowest BCUT2D eigenvalue weighted by Crippen LogP contribution is -2.24. The molecule has 4 aromatic rings. The number of hydrogen-bond donors (Lipinski definition) is 1. The van der Waals surface area contributed by atoms with Crippen LogP contribution in [0.1, 0.15) is 15.4 Å². The average Bonchev–Trinajstić information content (AvgIpc) is 3.09. The van der Waals surface area contributed by atoms with E-state index in [1.807, 2.05) is 6.92 Å². The van der Waals surface area contributed by atoms with Gasteiger partial charge in [-0.15, -0.1) is 11.3 Å². The minimum Gasteiger partial charge on any atom is -0.296 e. The van der Waals surface area contributed by atoms with Crippen LogP contribution in [0.2, 0.25) is 0 Å². The molecular weight excluding hydrogens is 410 g/mol. The summed E-state index contributed by atoms with van der Waals surface area (Å²) in [5, 5.41) is 7.08. The standard InChI is InChI=1S/C21H14F2N4O2S/c1-12-19(13-2-4-14(22)5-3-13)24-21(30-12)25-20(29)17-10-11-18(28)27(26-17)16-8-6-15(23)7-9-16/h2-11H,1H3,(H,24,25,29). The molecule has 0 unspecified atom stereocenters. The Morgan fingerprint density at radius 1 is 0.967 bits per heavy atom. The summed E-state index contributed by atoms with van der Waals surface area (Å²) in [5.74, 6) is -1.34. The van der Waals surface area contributed by atoms with Crippen LogP contribution in [0.4, 0.5) is 13.9 Å². The van der Waals surface area contributed by atoms with Crippen LogP contribution in [0, 0.1) is 18.6 Å². The topological polar surface area (TPSA) is 76.9 Å². The Kier molecular flexibility index (Phi) is 5.20. The molecule has 0 aliphatic heterocycles. The molecule has 0 atom stereocenters. The Morgan fingerprint density at radius 3 is 2.27 bits per heavy atom. The molecule has 1 amide bonds. The van der Waals surface area contributed by atoms with E-state index >= 15 is 0 Å². The molecule has 0 radical (unpaired) electrons. The number of benzene rings is 2. The van der Waals surface area contributed by atoms with Gasteiger partial charge in [-0.2, -0.15) is 9.78 Å². The van der Waals surface area contributed by atoms with Crippen LogP contribution in [0.3, 0.4) is 0 Å². The molecular formula is C21H14F2N4O2S. The van der Waals surface area contributed by atoms with Gasteiger partial charge in [-0.25, -0.2) is 13.8 Å². The van der Waals surface area contributed by atoms with Gasteiger partial charge in [-0.05, 0) is 61.5 Å². The molecule has 6 nitrogen and oxygen atoms in total. The Labute approximate surface area is 173 Å². The van der Waals surface area contributed by atoms with Crippen LogP contribution in [-0.2, 0) is 0 Å². The van der Waals surface area contributed by atoms with Crippen molar-refractivity contribution in [1.82, 2.24) is 14.8 Å². The largest absolute Gasteiger partial charge is 0.296 e. The van der Waals surface area contributed by atoms with Gasteiger partial charge in [0.1, 0.15) is 17.3 Å². The smallest absolute Gasteiger partial charge is 0.277 e. The molecule has 0 bridgehead atoms. The Hall–Kier alpha value is -3.72. The quantitative estimate of drug-likeness (QED) is 0.533. The molecule has 150 valence electrons. The van der Waals surface area contributed by atoms with Crippen LogP contribution < -0.4 is 10.9 Å². The summed E-state index contributed by atoms with van der Waals surface area (Å²) < 4.78 is 27.3. The molecule has 4 rings (SSSR count). The van der Waals surface area contributed by atoms with Crippen LogP contribution in [-0.4, -0.2) is 20.7 Å². The molecule has 2 aromatic heterocycles. The third-order valence-corrected chi connectivity index (χ3v) is 5.13. The van der Waals surface area contributed by atoms with Crippen molar-refractivity contribution in [2.75, 3.05) is 5.32 Å². The highest BCUT2D eigenvalue weighted by Gasteiger charge is 2.15. The number of nitrogens with zero attached hydrogens (tertiary/aromatic N) is 3. The number of anilines is 1. The maximum atomic E-state index is 13.1. The van der Waals surface area contributed by atoms with E-state index in [1.54, 1.807) is 12.1 Å². The highest BCUT2D eigenvalue weighted by molar-refractivity contribution is 7.16. The zero-order valence-corrected chi connectivity index (χ0v) is 16.4. The van der Waals surface area contributed by atoms with Crippen molar-refractivity contribution in [3.63, 3.8) is 0 Å². The number of nitrogens with one attached hydrogen (secondary N) is 1. The average molecular weight is 424 g/mol. The van der Waals surface area contributed by atoms with E-state index in [-0.39, 0.29) is 11.5 Å². The lowest BCUT2D eigenvalue weighted by Gasteiger charge is -2.06. The summed E-state index contributed by atoms with van der Waals surface area (Å²) in [4.78, 5) is 30.0. The van der Waals surface area contributed by atoms with E-state index in [9.17, 15) is 18.4 Å². The van der Waals surface area contributed by atoms with Crippen molar-refractivity contribution in [2.24, 2.45) is 0 Å². The number of aromatic nitrogens is 3. The van der Waals surface area contributed by atoms with Gasteiger partial charge in [0.2, 0.25) is 0 Å². The number of carbonyl (C=O) groups is 1. The predicted molar refractivity (Wildman–Crippen MR) is 110 cm³/mol. The summed E-state index contributed by atoms with van der Waals surface area (Å²) >= 11 is 1.27. The SMILES string of the molecule is Cc1sc(NC(=O)c2ccc(=O)n(-c3ccc(F)cc3)n2)nc1-c1ccc(F)cc1. The number of amides is 1. The first-order valence-corrected chi connectivity index (χ1v) is 9.63. The van der Waals surface area contributed by atoms with Gasteiger partial charge < -0.3 is 0 Å². The summed E-state index contributed by atoms with van der Waals surface area (Å²) in [6.07, 6.45) is 0. The van der Waals surface area contributed by atoms with E-state index in [4.69, 9.17) is 0 Å². The second-order valence-corrected chi connectivity index (χ2v) is 7.53. The molecule has 0 saturated carbocycles. The van der Waals surface area contributed by atoms with E-state index in [0.29, 0.717) is 16.5 Å². The molecule has 2 heterocycles. The molecule has 1 N–H and O–H groups in total. The lowest BCUT2D eigenvalue weighted by atomic mass is 10.1. The molecule has 30 heavy (non-hydrogen) atoms. The van der Waals surface area contributed by atoms with Gasteiger partial charge in [0, 0.05) is 16.5 Å². The van der Waals surface area contributed by atoms with Gasteiger partial charge in [-0.1, -0.05) is 0 Å². The van der Waals surface area contributed by atoms with Crippen LogP contribution >= 0.6 is 11.3 Å². The lowest BCUT2D eigenvalue weighted by molar-refractivity contribution is 0.102. The van der Waals surface area contributed by atoms with E-state index < -0.39 is 17.3 Å². The van der Waals surface area contributed by atoms with Gasteiger partial charge >= 0.3 is 0 Å². The summed E-state index contributed by atoms with van der Waals surface area (Å²) in [6, 6.07) is 13.6. The van der Waals surface area contributed by atoms with E-state index in [2.05, 4.69) is 15.4 Å². The van der Waals surface area contributed by atoms with Crippen LogP contribution in [0.15, 0.2) is 65.5 Å². The number of thiazole rings is 1. The second-order valence-electron chi connectivity index (χ2n) is 6.33. The molecule has 9 heteroatoms. The minimum absolute atomic E-state index is 0.00453. The molecule has 0 saturated heterocycles. The fourth-order valence-corrected chi connectivity index (χ4v) is 3.62. The molecule has 0 aliphatic rings. The first-order chi connectivity index (χ1) is 14.4. The monoisotopic (exact) mass is 424 g/mol. The van der Waals surface area contributed by atoms with Crippen molar-refractivity contribution < 1.29 is 13.6 Å². The van der Waals surface area contributed by atoms with Crippen molar-refractivity contribution in [1.29, 1.82) is 0 Å². The first-order valence-electron chi connectivity index (χ1n) is 8.82. The maximum absolute atomic E-state index is 13.1. The minimum atomic E-state index is -0.551. The van der Waals surface area contributed by atoms with E-state index in [1.165, 1.54) is 59.9 Å². The van der Waals surface area contributed by atoms with Crippen molar-refractivity contribution in [3.05, 3.63) is 93.2 Å². The zero-order chi connectivity index (χ0) is 21.3. The normalized spacial score (nSPS) is 10.8. The Balaban J connectivity index is 1.59. The van der Waals surface area contributed by atoms with Gasteiger partial charge in [-0.3, -0.25) is 14.9 Å². The summed E-state index contributed by atoms with van der Waals surface area (Å²) in [6.45, 7) is 1.85. The predicted octanol–water partition coefficient (Wildman–Crippen LogP) is 4.19.